The quantitative estimate of drug-likeness (QED) is 0.0202. The van der Waals surface area contributed by atoms with Crippen LogP contribution >= 0.6 is 0 Å². The summed E-state index contributed by atoms with van der Waals surface area (Å²) in [6.45, 7) is 6.27. The van der Waals surface area contributed by atoms with Crippen molar-refractivity contribution in [2.75, 3.05) is 13.2 Å². The molecule has 0 bridgehead atoms. The normalized spacial score (nSPS) is 12.9. The van der Waals surface area contributed by atoms with E-state index in [0.29, 0.717) is 19.3 Å². The Hall–Kier alpha value is -3.67. The second-order valence-corrected chi connectivity index (χ2v) is 15.0. The molecule has 0 fully saturated rings. The summed E-state index contributed by atoms with van der Waals surface area (Å²) >= 11 is 0. The van der Waals surface area contributed by atoms with Crippen molar-refractivity contribution < 1.29 is 28.6 Å². The van der Waals surface area contributed by atoms with Crippen LogP contribution in [0.2, 0.25) is 0 Å². The minimum Gasteiger partial charge on any atom is -0.462 e. The molecule has 0 radical (unpaired) electrons. The van der Waals surface area contributed by atoms with Gasteiger partial charge in [-0.25, -0.2) is 0 Å². The van der Waals surface area contributed by atoms with Gasteiger partial charge < -0.3 is 14.2 Å². The van der Waals surface area contributed by atoms with E-state index in [4.69, 9.17) is 14.2 Å². The molecule has 0 aromatic heterocycles. The number of rotatable bonds is 40. The van der Waals surface area contributed by atoms with Gasteiger partial charge in [-0.1, -0.05) is 208 Å². The number of esters is 3. The summed E-state index contributed by atoms with van der Waals surface area (Å²) in [5.41, 5.74) is 0. The van der Waals surface area contributed by atoms with E-state index in [2.05, 4.69) is 63.3 Å². The molecular weight excluding hydrogens is 721 g/mol. The minimum absolute atomic E-state index is 0.113. The Bertz CT molecular complexity index is 1200. The van der Waals surface area contributed by atoms with E-state index >= 15 is 0 Å². The van der Waals surface area contributed by atoms with Crippen LogP contribution in [0.5, 0.6) is 0 Å². The summed E-state index contributed by atoms with van der Waals surface area (Å²) < 4.78 is 16.6. The highest BCUT2D eigenvalue weighted by molar-refractivity contribution is 5.71. The molecule has 58 heavy (non-hydrogen) atoms. The lowest BCUT2D eigenvalue weighted by Gasteiger charge is -2.18. The molecule has 328 valence electrons. The van der Waals surface area contributed by atoms with Crippen molar-refractivity contribution in [3.8, 4) is 0 Å². The Morgan fingerprint density at radius 1 is 0.379 bits per heavy atom. The lowest BCUT2D eigenvalue weighted by Crippen LogP contribution is -2.30. The third-order valence-corrected chi connectivity index (χ3v) is 9.46. The van der Waals surface area contributed by atoms with Gasteiger partial charge in [-0.2, -0.15) is 0 Å². The zero-order chi connectivity index (χ0) is 42.3. The topological polar surface area (TPSA) is 78.9 Å². The van der Waals surface area contributed by atoms with Crippen molar-refractivity contribution in [3.63, 3.8) is 0 Å². The maximum absolute atomic E-state index is 12.7. The van der Waals surface area contributed by atoms with E-state index in [0.717, 1.165) is 83.5 Å². The number of allylic oxidation sites excluding steroid dienone is 16. The molecule has 0 saturated heterocycles. The molecule has 0 N–H and O–H groups in total. The molecule has 0 aromatic rings. The number of unbranched alkanes of at least 4 members (excludes halogenated alkanes) is 17. The van der Waals surface area contributed by atoms with E-state index in [1.807, 2.05) is 54.7 Å². The van der Waals surface area contributed by atoms with Crippen LogP contribution in [-0.2, 0) is 28.6 Å². The Kier molecular flexibility index (Phi) is 43.1. The fraction of sp³-hybridized carbons (Fsp3) is 0.635. The highest BCUT2D eigenvalue weighted by Crippen LogP contribution is 2.14. The summed E-state index contributed by atoms with van der Waals surface area (Å²) in [6, 6.07) is 0. The third kappa shape index (κ3) is 43.5. The fourth-order valence-corrected chi connectivity index (χ4v) is 6.01. The molecule has 0 aliphatic heterocycles. The fourth-order valence-electron chi connectivity index (χ4n) is 6.01. The lowest BCUT2D eigenvalue weighted by molar-refractivity contribution is -0.167. The molecule has 1 unspecified atom stereocenters. The van der Waals surface area contributed by atoms with Crippen LogP contribution in [-0.4, -0.2) is 37.2 Å². The first-order valence-electron chi connectivity index (χ1n) is 23.3. The van der Waals surface area contributed by atoms with Crippen molar-refractivity contribution >= 4 is 17.9 Å². The van der Waals surface area contributed by atoms with Gasteiger partial charge in [0.15, 0.2) is 6.10 Å². The summed E-state index contributed by atoms with van der Waals surface area (Å²) in [7, 11) is 0. The van der Waals surface area contributed by atoms with Gasteiger partial charge in [0.2, 0.25) is 0 Å². The SMILES string of the molecule is CC\C=C/C=C\C=C/C=C\C=C/CCCC(=O)OC(COC(=O)CCCCCC/C=C\C/C=C\C/C=C\CC)COC(=O)CCCCCCCCCCCCCCC. The van der Waals surface area contributed by atoms with Gasteiger partial charge in [-0.05, 0) is 64.2 Å². The number of hydrogen-bond acceptors (Lipinski definition) is 6. The van der Waals surface area contributed by atoms with E-state index < -0.39 is 12.1 Å². The zero-order valence-corrected chi connectivity index (χ0v) is 37.3. The van der Waals surface area contributed by atoms with Crippen molar-refractivity contribution in [2.45, 2.75) is 200 Å². The van der Waals surface area contributed by atoms with E-state index in [9.17, 15) is 14.4 Å². The predicted octanol–water partition coefficient (Wildman–Crippen LogP) is 15.0. The highest BCUT2D eigenvalue weighted by Gasteiger charge is 2.19. The van der Waals surface area contributed by atoms with E-state index in [1.54, 1.807) is 0 Å². The number of ether oxygens (including phenoxy) is 3. The average Bonchev–Trinajstić information content (AvgIpc) is 3.22. The van der Waals surface area contributed by atoms with Crippen molar-refractivity contribution in [2.24, 2.45) is 0 Å². The van der Waals surface area contributed by atoms with Gasteiger partial charge >= 0.3 is 17.9 Å². The molecule has 6 heteroatoms. The monoisotopic (exact) mass is 805 g/mol. The van der Waals surface area contributed by atoms with Crippen LogP contribution in [0.25, 0.3) is 0 Å². The molecule has 0 aliphatic carbocycles. The van der Waals surface area contributed by atoms with E-state index in [1.165, 1.54) is 64.2 Å². The maximum atomic E-state index is 12.7. The van der Waals surface area contributed by atoms with Gasteiger partial charge in [-0.15, -0.1) is 0 Å². The third-order valence-electron chi connectivity index (χ3n) is 9.46. The van der Waals surface area contributed by atoms with Crippen molar-refractivity contribution in [1.82, 2.24) is 0 Å². The highest BCUT2D eigenvalue weighted by atomic mass is 16.6. The molecular formula is C52H84O6. The summed E-state index contributed by atoms with van der Waals surface area (Å²) in [4.78, 5) is 37.8. The van der Waals surface area contributed by atoms with Gasteiger partial charge in [0, 0.05) is 19.3 Å². The molecule has 0 aliphatic rings. The second kappa shape index (κ2) is 46.0. The molecule has 0 heterocycles. The molecule has 0 amide bonds. The van der Waals surface area contributed by atoms with Crippen LogP contribution in [0, 0.1) is 0 Å². The van der Waals surface area contributed by atoms with Gasteiger partial charge in [0.1, 0.15) is 13.2 Å². The van der Waals surface area contributed by atoms with Crippen LogP contribution < -0.4 is 0 Å². The Morgan fingerprint density at radius 3 is 1.29 bits per heavy atom. The lowest BCUT2D eigenvalue weighted by atomic mass is 10.0. The first-order chi connectivity index (χ1) is 28.5. The average molecular weight is 805 g/mol. The van der Waals surface area contributed by atoms with Gasteiger partial charge in [-0.3, -0.25) is 14.4 Å². The maximum Gasteiger partial charge on any atom is 0.306 e. The molecule has 0 saturated carbocycles. The van der Waals surface area contributed by atoms with Gasteiger partial charge in [0.05, 0.1) is 0 Å². The number of carbonyl (C=O) groups excluding carboxylic acids is 3. The minimum atomic E-state index is -0.821. The molecule has 1 atom stereocenters. The predicted molar refractivity (Wildman–Crippen MR) is 247 cm³/mol. The molecule has 0 spiro atoms. The van der Waals surface area contributed by atoms with Crippen molar-refractivity contribution in [3.05, 3.63) is 97.2 Å². The molecule has 0 rings (SSSR count). The Labute approximate surface area is 356 Å². The summed E-state index contributed by atoms with van der Waals surface area (Å²) in [6.07, 6.45) is 59.7. The smallest absolute Gasteiger partial charge is 0.306 e. The molecule has 6 nitrogen and oxygen atoms in total. The van der Waals surface area contributed by atoms with Crippen LogP contribution in [0.15, 0.2) is 97.2 Å². The van der Waals surface area contributed by atoms with Crippen molar-refractivity contribution in [1.29, 1.82) is 0 Å². The zero-order valence-electron chi connectivity index (χ0n) is 37.3. The standard InChI is InChI=1S/C52H84O6/c1-4-7-10-13-16-19-22-25-28-30-33-36-39-42-45-51(54)57-48-49(58-52(55)46-43-40-37-34-31-27-24-21-18-15-12-9-6-3)47-56-50(53)44-41-38-35-32-29-26-23-20-17-14-11-8-5-2/h7,9-10,12,15-16,18-19,21,24-25,27-28,31,34,37,49H,4-6,8,11,13-14,17,20,22-23,26,29-30,32-33,35-36,38-48H2,1-3H3/b10-7-,12-9-,18-15-,19-16-,24-21-,28-25-,31-27-,37-34-. The first kappa shape index (κ1) is 54.3. The summed E-state index contributed by atoms with van der Waals surface area (Å²) in [5, 5.41) is 0. The Balaban J connectivity index is 4.54. The van der Waals surface area contributed by atoms with Crippen LogP contribution in [0.3, 0.4) is 0 Å². The van der Waals surface area contributed by atoms with Crippen LogP contribution in [0.1, 0.15) is 194 Å². The first-order valence-corrected chi connectivity index (χ1v) is 23.3. The number of carbonyl (C=O) groups is 3. The second-order valence-electron chi connectivity index (χ2n) is 15.0. The summed E-state index contributed by atoms with van der Waals surface area (Å²) in [5.74, 6) is -1.02. The largest absolute Gasteiger partial charge is 0.462 e. The van der Waals surface area contributed by atoms with E-state index in [-0.39, 0.29) is 31.6 Å². The molecule has 0 aromatic carbocycles. The Morgan fingerprint density at radius 2 is 0.776 bits per heavy atom. The number of hydrogen-bond donors (Lipinski definition) is 0. The van der Waals surface area contributed by atoms with Gasteiger partial charge in [0.25, 0.3) is 0 Å². The van der Waals surface area contributed by atoms with Crippen LogP contribution in [0.4, 0.5) is 0 Å².